The van der Waals surface area contributed by atoms with Gasteiger partial charge in [0.05, 0.1) is 24.1 Å². The number of hydrogen-bond acceptors (Lipinski definition) is 6. The van der Waals surface area contributed by atoms with Gasteiger partial charge in [0.25, 0.3) is 5.56 Å². The smallest absolute Gasteiger partial charge is 0.323 e. The normalized spacial score (nSPS) is 15.3. The molecule has 0 aromatic carbocycles. The first-order chi connectivity index (χ1) is 10.1. The van der Waals surface area contributed by atoms with Crippen molar-refractivity contribution in [3.8, 4) is 0 Å². The van der Waals surface area contributed by atoms with Gasteiger partial charge in [-0.1, -0.05) is 0 Å². The fourth-order valence-electron chi connectivity index (χ4n) is 2.25. The van der Waals surface area contributed by atoms with E-state index in [0.717, 1.165) is 4.57 Å². The Hall–Kier alpha value is -2.48. The van der Waals surface area contributed by atoms with E-state index in [4.69, 9.17) is 9.84 Å². The number of ether oxygens (including phenoxy) is 1. The highest BCUT2D eigenvalue weighted by Gasteiger charge is 2.15. The molecule has 0 atom stereocenters. The van der Waals surface area contributed by atoms with E-state index in [1.165, 1.54) is 12.4 Å². The standard InChI is InChI=1S/C13H14N4O4/c18-11(19)8-17-2-1-10-9(12(17)20)7-14-13(15-10)16-3-5-21-6-4-16/h1-2,7H,3-6,8H2,(H,18,19). The van der Waals surface area contributed by atoms with Gasteiger partial charge >= 0.3 is 5.97 Å². The van der Waals surface area contributed by atoms with Gasteiger partial charge in [0.2, 0.25) is 5.95 Å². The summed E-state index contributed by atoms with van der Waals surface area (Å²) in [4.78, 5) is 33.4. The van der Waals surface area contributed by atoms with Crippen LogP contribution in [0.25, 0.3) is 10.9 Å². The first kappa shape index (κ1) is 13.5. The van der Waals surface area contributed by atoms with Gasteiger partial charge in [0, 0.05) is 25.5 Å². The Balaban J connectivity index is 1.99. The number of carboxylic acid groups (broad SMARTS) is 1. The molecule has 0 spiro atoms. The van der Waals surface area contributed by atoms with E-state index in [1.54, 1.807) is 6.07 Å². The average Bonchev–Trinajstić information content (AvgIpc) is 2.50. The van der Waals surface area contributed by atoms with Crippen LogP contribution in [0.1, 0.15) is 0 Å². The number of pyridine rings is 1. The Morgan fingerprint density at radius 1 is 1.38 bits per heavy atom. The van der Waals surface area contributed by atoms with Crippen molar-refractivity contribution in [1.29, 1.82) is 0 Å². The van der Waals surface area contributed by atoms with Crippen molar-refractivity contribution < 1.29 is 14.6 Å². The highest BCUT2D eigenvalue weighted by molar-refractivity contribution is 5.78. The maximum atomic E-state index is 12.1. The lowest BCUT2D eigenvalue weighted by atomic mass is 10.3. The Morgan fingerprint density at radius 3 is 2.86 bits per heavy atom. The molecular weight excluding hydrogens is 276 g/mol. The van der Waals surface area contributed by atoms with Crippen LogP contribution in [0.3, 0.4) is 0 Å². The second kappa shape index (κ2) is 5.49. The van der Waals surface area contributed by atoms with Crippen molar-refractivity contribution in [3.63, 3.8) is 0 Å². The molecule has 110 valence electrons. The average molecular weight is 290 g/mol. The number of aromatic nitrogens is 3. The fourth-order valence-corrected chi connectivity index (χ4v) is 2.25. The first-order valence-corrected chi connectivity index (χ1v) is 6.56. The van der Waals surface area contributed by atoms with Gasteiger partial charge in [-0.2, -0.15) is 0 Å². The molecule has 0 saturated carbocycles. The lowest BCUT2D eigenvalue weighted by molar-refractivity contribution is -0.137. The van der Waals surface area contributed by atoms with Crippen LogP contribution in [-0.2, 0) is 16.1 Å². The minimum absolute atomic E-state index is 0.316. The predicted molar refractivity (Wildman–Crippen MR) is 74.5 cm³/mol. The number of rotatable bonds is 3. The summed E-state index contributed by atoms with van der Waals surface area (Å²) in [6, 6.07) is 1.63. The molecule has 2 aromatic heterocycles. The number of fused-ring (bicyclic) bond motifs is 1. The molecule has 2 aromatic rings. The van der Waals surface area contributed by atoms with Crippen LogP contribution >= 0.6 is 0 Å². The molecule has 1 saturated heterocycles. The van der Waals surface area contributed by atoms with E-state index in [9.17, 15) is 9.59 Å². The highest BCUT2D eigenvalue weighted by atomic mass is 16.5. The van der Waals surface area contributed by atoms with Gasteiger partial charge in [0.1, 0.15) is 6.54 Å². The zero-order valence-corrected chi connectivity index (χ0v) is 11.2. The third-order valence-corrected chi connectivity index (χ3v) is 3.31. The van der Waals surface area contributed by atoms with Crippen molar-refractivity contribution in [2.24, 2.45) is 0 Å². The number of morpholine rings is 1. The van der Waals surface area contributed by atoms with Crippen molar-refractivity contribution in [2.75, 3.05) is 31.2 Å². The second-order valence-corrected chi connectivity index (χ2v) is 4.71. The van der Waals surface area contributed by atoms with Crippen LogP contribution in [0.15, 0.2) is 23.3 Å². The molecule has 1 aliphatic rings. The van der Waals surface area contributed by atoms with E-state index in [-0.39, 0.29) is 6.54 Å². The van der Waals surface area contributed by atoms with Gasteiger partial charge < -0.3 is 19.3 Å². The monoisotopic (exact) mass is 290 g/mol. The molecule has 21 heavy (non-hydrogen) atoms. The largest absolute Gasteiger partial charge is 0.480 e. The van der Waals surface area contributed by atoms with Crippen molar-refractivity contribution >= 4 is 22.8 Å². The number of nitrogens with zero attached hydrogens (tertiary/aromatic N) is 4. The number of anilines is 1. The van der Waals surface area contributed by atoms with Gasteiger partial charge in [-0.25, -0.2) is 9.97 Å². The second-order valence-electron chi connectivity index (χ2n) is 4.71. The fraction of sp³-hybridized carbons (Fsp3) is 0.385. The molecule has 0 bridgehead atoms. The predicted octanol–water partition coefficient (Wildman–Crippen LogP) is -0.287. The van der Waals surface area contributed by atoms with Crippen LogP contribution in [0.2, 0.25) is 0 Å². The van der Waals surface area contributed by atoms with E-state index in [0.29, 0.717) is 43.2 Å². The summed E-state index contributed by atoms with van der Waals surface area (Å²) in [7, 11) is 0. The molecule has 0 amide bonds. The molecule has 8 heteroatoms. The number of aliphatic carboxylic acids is 1. The van der Waals surface area contributed by atoms with E-state index in [2.05, 4.69) is 9.97 Å². The van der Waals surface area contributed by atoms with Gasteiger partial charge in [-0.15, -0.1) is 0 Å². The number of carboxylic acids is 1. The number of carbonyl (C=O) groups is 1. The molecule has 0 aliphatic carbocycles. The minimum atomic E-state index is -1.07. The van der Waals surface area contributed by atoms with Crippen LogP contribution in [0.4, 0.5) is 5.95 Å². The minimum Gasteiger partial charge on any atom is -0.480 e. The van der Waals surface area contributed by atoms with Crippen molar-refractivity contribution in [2.45, 2.75) is 6.54 Å². The van der Waals surface area contributed by atoms with Crippen LogP contribution in [0.5, 0.6) is 0 Å². The highest BCUT2D eigenvalue weighted by Crippen LogP contribution is 2.13. The molecule has 1 N–H and O–H groups in total. The van der Waals surface area contributed by atoms with E-state index >= 15 is 0 Å². The zero-order chi connectivity index (χ0) is 14.8. The van der Waals surface area contributed by atoms with E-state index < -0.39 is 11.5 Å². The van der Waals surface area contributed by atoms with Crippen molar-refractivity contribution in [3.05, 3.63) is 28.8 Å². The van der Waals surface area contributed by atoms with Crippen molar-refractivity contribution in [1.82, 2.24) is 14.5 Å². The zero-order valence-electron chi connectivity index (χ0n) is 11.2. The Kier molecular flexibility index (Phi) is 3.53. The summed E-state index contributed by atoms with van der Waals surface area (Å²) in [6.45, 7) is 2.30. The summed E-state index contributed by atoms with van der Waals surface area (Å²) >= 11 is 0. The summed E-state index contributed by atoms with van der Waals surface area (Å²) in [6.07, 6.45) is 2.89. The van der Waals surface area contributed by atoms with Crippen LogP contribution in [0, 0.1) is 0 Å². The first-order valence-electron chi connectivity index (χ1n) is 6.56. The van der Waals surface area contributed by atoms with Crippen LogP contribution < -0.4 is 10.5 Å². The lowest BCUT2D eigenvalue weighted by Gasteiger charge is -2.26. The third-order valence-electron chi connectivity index (χ3n) is 3.31. The SMILES string of the molecule is O=C(O)Cn1ccc2nc(N3CCOCC3)ncc2c1=O. The molecule has 3 heterocycles. The summed E-state index contributed by atoms with van der Waals surface area (Å²) in [5.74, 6) is -0.511. The van der Waals surface area contributed by atoms with Crippen LogP contribution in [-0.4, -0.2) is 51.9 Å². The topological polar surface area (TPSA) is 97.6 Å². The molecule has 1 fully saturated rings. The Bertz CT molecular complexity index is 737. The quantitative estimate of drug-likeness (QED) is 0.829. The Morgan fingerprint density at radius 2 is 2.14 bits per heavy atom. The summed E-state index contributed by atoms with van der Waals surface area (Å²) in [5, 5.41) is 9.08. The molecule has 1 aliphatic heterocycles. The molecule has 3 rings (SSSR count). The Labute approximate surface area is 119 Å². The molecular formula is C13H14N4O4. The maximum Gasteiger partial charge on any atom is 0.323 e. The summed E-state index contributed by atoms with van der Waals surface area (Å²) in [5.41, 5.74) is 0.113. The molecule has 0 radical (unpaired) electrons. The van der Waals surface area contributed by atoms with Gasteiger partial charge in [-0.3, -0.25) is 9.59 Å². The maximum absolute atomic E-state index is 12.1. The van der Waals surface area contributed by atoms with Gasteiger partial charge in [-0.05, 0) is 6.07 Å². The van der Waals surface area contributed by atoms with E-state index in [1.807, 2.05) is 4.90 Å². The lowest BCUT2D eigenvalue weighted by Crippen LogP contribution is -2.37. The summed E-state index contributed by atoms with van der Waals surface area (Å²) < 4.78 is 6.40. The molecule has 0 unspecified atom stereocenters. The molecule has 8 nitrogen and oxygen atoms in total. The van der Waals surface area contributed by atoms with Gasteiger partial charge in [0.15, 0.2) is 0 Å². The third kappa shape index (κ3) is 2.70. The number of hydrogen-bond donors (Lipinski definition) is 1.